The summed E-state index contributed by atoms with van der Waals surface area (Å²) in [7, 11) is -1.51. The Morgan fingerprint density at radius 3 is 1.95 bits per heavy atom. The molecule has 1 N–H and O–H groups in total. The van der Waals surface area contributed by atoms with E-state index in [4.69, 9.17) is 0 Å². The molecule has 1 nitrogen and oxygen atoms in total. The minimum Gasteiger partial charge on any atom is -0.396 e. The first-order valence-electron chi connectivity index (χ1n) is 6.85. The van der Waals surface area contributed by atoms with E-state index in [1.54, 1.807) is 0 Å². The first-order valence-corrected chi connectivity index (χ1v) is 10.1. The molecule has 2 rings (SSSR count). The third kappa shape index (κ3) is 3.55. The Morgan fingerprint density at radius 2 is 1.42 bits per heavy atom. The van der Waals surface area contributed by atoms with E-state index in [9.17, 15) is 5.11 Å². The van der Waals surface area contributed by atoms with Crippen molar-refractivity contribution >= 4 is 13.3 Å². The highest BCUT2D eigenvalue weighted by Crippen LogP contribution is 2.26. The van der Waals surface area contributed by atoms with E-state index in [1.807, 2.05) is 6.07 Å². The Bertz CT molecular complexity index is 493. The fourth-order valence-electron chi connectivity index (χ4n) is 2.64. The number of hydrogen-bond acceptors (Lipinski definition) is 1. The standard InChI is InChI=1S/C17H22OSi/c1-19(2,17-11-7-4-8-12-17)14-16(13-18)15-9-5-3-6-10-15/h3-12,16,18H,13-14H2,1-2H3. The van der Waals surface area contributed by atoms with Crippen molar-refractivity contribution in [1.29, 1.82) is 0 Å². The Hall–Kier alpha value is -1.38. The molecule has 0 aliphatic rings. The maximum Gasteiger partial charge on any atom is 0.0813 e. The Morgan fingerprint density at radius 1 is 0.895 bits per heavy atom. The van der Waals surface area contributed by atoms with Crippen LogP contribution in [0, 0.1) is 0 Å². The van der Waals surface area contributed by atoms with Gasteiger partial charge in [0.05, 0.1) is 8.07 Å². The molecule has 0 heterocycles. The summed E-state index contributed by atoms with van der Waals surface area (Å²) in [5, 5.41) is 11.2. The van der Waals surface area contributed by atoms with Crippen molar-refractivity contribution in [2.24, 2.45) is 0 Å². The molecule has 0 aliphatic heterocycles. The van der Waals surface area contributed by atoms with Gasteiger partial charge >= 0.3 is 0 Å². The predicted molar refractivity (Wildman–Crippen MR) is 84.6 cm³/mol. The van der Waals surface area contributed by atoms with Gasteiger partial charge in [0.15, 0.2) is 0 Å². The summed E-state index contributed by atoms with van der Waals surface area (Å²) >= 11 is 0. The Labute approximate surface area is 116 Å². The number of rotatable bonds is 5. The van der Waals surface area contributed by atoms with E-state index in [0.29, 0.717) is 0 Å². The number of aliphatic hydroxyl groups excluding tert-OH is 1. The van der Waals surface area contributed by atoms with Crippen molar-refractivity contribution in [2.45, 2.75) is 25.1 Å². The molecular formula is C17H22OSi. The molecule has 0 aromatic heterocycles. The smallest absolute Gasteiger partial charge is 0.0813 e. The maximum absolute atomic E-state index is 9.71. The van der Waals surface area contributed by atoms with E-state index < -0.39 is 8.07 Å². The second kappa shape index (κ2) is 6.18. The molecule has 0 spiro atoms. The summed E-state index contributed by atoms with van der Waals surface area (Å²) in [6.45, 7) is 5.00. The van der Waals surface area contributed by atoms with Gasteiger partial charge in [0, 0.05) is 12.5 Å². The maximum atomic E-state index is 9.71. The quantitative estimate of drug-likeness (QED) is 0.826. The van der Waals surface area contributed by atoms with Crippen molar-refractivity contribution in [2.75, 3.05) is 6.61 Å². The molecule has 19 heavy (non-hydrogen) atoms. The largest absolute Gasteiger partial charge is 0.396 e. The summed E-state index contributed by atoms with van der Waals surface area (Å²) in [5.74, 6) is 0.253. The van der Waals surface area contributed by atoms with Gasteiger partial charge in [-0.25, -0.2) is 0 Å². The lowest BCUT2D eigenvalue weighted by Crippen LogP contribution is -2.42. The van der Waals surface area contributed by atoms with E-state index in [-0.39, 0.29) is 12.5 Å². The topological polar surface area (TPSA) is 20.2 Å². The van der Waals surface area contributed by atoms with Crippen LogP contribution >= 0.6 is 0 Å². The zero-order valence-corrected chi connectivity index (χ0v) is 12.7. The Kier molecular flexibility index (Phi) is 4.56. The van der Waals surface area contributed by atoms with Crippen LogP contribution in [0.15, 0.2) is 60.7 Å². The van der Waals surface area contributed by atoms with Gasteiger partial charge in [-0.15, -0.1) is 0 Å². The minimum absolute atomic E-state index is 0.229. The van der Waals surface area contributed by atoms with Crippen LogP contribution in [0.1, 0.15) is 11.5 Å². The van der Waals surface area contributed by atoms with Crippen LogP contribution in [0.25, 0.3) is 0 Å². The summed E-state index contributed by atoms with van der Waals surface area (Å²) < 4.78 is 0. The van der Waals surface area contributed by atoms with Crippen LogP contribution in [0.3, 0.4) is 0 Å². The molecule has 2 aromatic rings. The van der Waals surface area contributed by atoms with Crippen molar-refractivity contribution in [3.05, 3.63) is 66.2 Å². The highest BCUT2D eigenvalue weighted by Gasteiger charge is 2.27. The van der Waals surface area contributed by atoms with Gasteiger partial charge in [-0.2, -0.15) is 0 Å². The lowest BCUT2D eigenvalue weighted by molar-refractivity contribution is 0.272. The lowest BCUT2D eigenvalue weighted by atomic mass is 10.0. The third-order valence-corrected chi connectivity index (χ3v) is 7.21. The van der Waals surface area contributed by atoms with E-state index in [2.05, 4.69) is 67.7 Å². The zero-order chi connectivity index (χ0) is 13.7. The highest BCUT2D eigenvalue weighted by molar-refractivity contribution is 6.89. The van der Waals surface area contributed by atoms with Gasteiger partial charge in [0.2, 0.25) is 0 Å². The molecule has 0 amide bonds. The SMILES string of the molecule is C[Si](C)(CC(CO)c1ccccc1)c1ccccc1. The van der Waals surface area contributed by atoms with E-state index >= 15 is 0 Å². The molecule has 1 unspecified atom stereocenters. The molecule has 0 saturated carbocycles. The van der Waals surface area contributed by atoms with Crippen molar-refractivity contribution < 1.29 is 5.11 Å². The molecule has 100 valence electrons. The normalized spacial score (nSPS) is 13.2. The third-order valence-electron chi connectivity index (χ3n) is 3.80. The fourth-order valence-corrected chi connectivity index (χ4v) is 5.56. The van der Waals surface area contributed by atoms with Crippen LogP contribution in [0.4, 0.5) is 0 Å². The second-order valence-electron chi connectivity index (χ2n) is 5.74. The van der Waals surface area contributed by atoms with Crippen molar-refractivity contribution in [1.82, 2.24) is 0 Å². The van der Waals surface area contributed by atoms with Crippen molar-refractivity contribution in [3.8, 4) is 0 Å². The van der Waals surface area contributed by atoms with Gasteiger partial charge in [0.25, 0.3) is 0 Å². The van der Waals surface area contributed by atoms with Crippen LogP contribution in [-0.4, -0.2) is 19.8 Å². The molecule has 0 saturated heterocycles. The molecule has 0 bridgehead atoms. The van der Waals surface area contributed by atoms with Crippen LogP contribution in [0.5, 0.6) is 0 Å². The lowest BCUT2D eigenvalue weighted by Gasteiger charge is -2.28. The summed E-state index contributed by atoms with van der Waals surface area (Å²) in [6.07, 6.45) is 0. The number of hydrogen-bond donors (Lipinski definition) is 1. The number of aliphatic hydroxyl groups is 1. The van der Waals surface area contributed by atoms with E-state index in [1.165, 1.54) is 10.8 Å². The summed E-state index contributed by atoms with van der Waals surface area (Å²) in [4.78, 5) is 0. The van der Waals surface area contributed by atoms with Gasteiger partial charge in [0.1, 0.15) is 0 Å². The second-order valence-corrected chi connectivity index (χ2v) is 10.5. The molecule has 2 aromatic carbocycles. The molecule has 0 aliphatic carbocycles. The Balaban J connectivity index is 2.19. The van der Waals surface area contributed by atoms with Gasteiger partial charge < -0.3 is 5.11 Å². The molecule has 0 radical (unpaired) electrons. The van der Waals surface area contributed by atoms with Gasteiger partial charge in [-0.05, 0) is 11.6 Å². The fraction of sp³-hybridized carbons (Fsp3) is 0.294. The zero-order valence-electron chi connectivity index (χ0n) is 11.7. The molecule has 1 atom stereocenters. The first kappa shape index (κ1) is 14.0. The van der Waals surface area contributed by atoms with Gasteiger partial charge in [-0.1, -0.05) is 78.9 Å². The number of benzene rings is 2. The minimum atomic E-state index is -1.51. The average molecular weight is 270 g/mol. The average Bonchev–Trinajstić information content (AvgIpc) is 2.47. The van der Waals surface area contributed by atoms with Crippen LogP contribution in [-0.2, 0) is 0 Å². The van der Waals surface area contributed by atoms with E-state index in [0.717, 1.165) is 6.04 Å². The molecular weight excluding hydrogens is 248 g/mol. The van der Waals surface area contributed by atoms with Gasteiger partial charge in [-0.3, -0.25) is 0 Å². The first-order chi connectivity index (χ1) is 9.13. The monoisotopic (exact) mass is 270 g/mol. The predicted octanol–water partition coefficient (Wildman–Crippen LogP) is 3.38. The van der Waals surface area contributed by atoms with Crippen molar-refractivity contribution in [3.63, 3.8) is 0 Å². The summed E-state index contributed by atoms with van der Waals surface area (Å²) in [5.41, 5.74) is 1.25. The van der Waals surface area contributed by atoms with Crippen LogP contribution in [0.2, 0.25) is 19.1 Å². The summed E-state index contributed by atoms with van der Waals surface area (Å²) in [6, 6.07) is 22.2. The molecule has 2 heteroatoms. The highest BCUT2D eigenvalue weighted by atomic mass is 28.3. The molecule has 0 fully saturated rings. The van der Waals surface area contributed by atoms with Crippen LogP contribution < -0.4 is 5.19 Å².